The van der Waals surface area contributed by atoms with Gasteiger partial charge in [0.2, 0.25) is 0 Å². The van der Waals surface area contributed by atoms with Crippen molar-refractivity contribution in [1.82, 2.24) is 5.32 Å². The maximum Gasteiger partial charge on any atom is 0.308 e. The van der Waals surface area contributed by atoms with Gasteiger partial charge < -0.3 is 15.2 Å². The number of hydrogen-bond donors (Lipinski definition) is 2. The van der Waals surface area contributed by atoms with E-state index in [0.29, 0.717) is 6.54 Å². The van der Waals surface area contributed by atoms with E-state index >= 15 is 0 Å². The van der Waals surface area contributed by atoms with Crippen LogP contribution < -0.4 is 10.1 Å². The molecule has 16 heavy (non-hydrogen) atoms. The summed E-state index contributed by atoms with van der Waals surface area (Å²) < 4.78 is 5.07. The molecule has 0 radical (unpaired) electrons. The molecule has 1 saturated heterocycles. The molecule has 1 fully saturated rings. The Morgan fingerprint density at radius 1 is 1.38 bits per heavy atom. The summed E-state index contributed by atoms with van der Waals surface area (Å²) >= 11 is 0. The molecule has 0 aliphatic carbocycles. The van der Waals surface area contributed by atoms with Crippen LogP contribution >= 0.6 is 0 Å². The maximum atomic E-state index is 11.0. The summed E-state index contributed by atoms with van der Waals surface area (Å²) in [6.45, 7) is 1.27. The van der Waals surface area contributed by atoms with E-state index < -0.39 is 5.97 Å². The largest absolute Gasteiger partial charge is 0.497 e. The fourth-order valence-electron chi connectivity index (χ4n) is 2.14. The van der Waals surface area contributed by atoms with Gasteiger partial charge in [-0.1, -0.05) is 12.1 Å². The molecule has 0 bridgehead atoms. The average Bonchev–Trinajstić information content (AvgIpc) is 2.78. The predicted octanol–water partition coefficient (Wildman–Crippen LogP) is 1.08. The first-order chi connectivity index (χ1) is 7.72. The third-order valence-electron chi connectivity index (χ3n) is 3.08. The molecule has 0 amide bonds. The molecule has 1 aromatic carbocycles. The number of methoxy groups -OCH3 is 1. The Balaban J connectivity index is 2.19. The Morgan fingerprint density at radius 2 is 2.06 bits per heavy atom. The van der Waals surface area contributed by atoms with Gasteiger partial charge in [-0.05, 0) is 17.7 Å². The summed E-state index contributed by atoms with van der Waals surface area (Å²) in [5.74, 6) is -0.204. The van der Waals surface area contributed by atoms with E-state index in [2.05, 4.69) is 5.32 Å². The highest BCUT2D eigenvalue weighted by atomic mass is 16.5. The van der Waals surface area contributed by atoms with Gasteiger partial charge in [0.1, 0.15) is 5.75 Å². The molecule has 1 heterocycles. The average molecular weight is 221 g/mol. The normalized spacial score (nSPS) is 24.3. The second-order valence-corrected chi connectivity index (χ2v) is 3.98. The Bertz CT molecular complexity index is 374. The molecule has 4 nitrogen and oxygen atoms in total. The highest BCUT2D eigenvalue weighted by Crippen LogP contribution is 2.29. The standard InChI is InChI=1S/C12H15NO3/c1-16-9-4-2-8(3-5-9)10-6-13-7-11(10)12(14)15/h2-5,10-11,13H,6-7H2,1H3,(H,14,15)/t10-,11+/m1/s1. The lowest BCUT2D eigenvalue weighted by Crippen LogP contribution is -2.20. The SMILES string of the molecule is COc1ccc([C@H]2CNC[C@@H]2C(=O)O)cc1. The summed E-state index contributed by atoms with van der Waals surface area (Å²) in [4.78, 5) is 11.0. The highest BCUT2D eigenvalue weighted by molar-refractivity contribution is 5.72. The molecule has 0 unspecified atom stereocenters. The number of nitrogens with one attached hydrogen (secondary N) is 1. The number of rotatable bonds is 3. The summed E-state index contributed by atoms with van der Waals surface area (Å²) in [5.41, 5.74) is 1.05. The second kappa shape index (κ2) is 4.53. The van der Waals surface area contributed by atoms with Crippen molar-refractivity contribution in [2.75, 3.05) is 20.2 Å². The monoisotopic (exact) mass is 221 g/mol. The molecule has 1 aliphatic rings. The van der Waals surface area contributed by atoms with Crippen molar-refractivity contribution in [3.05, 3.63) is 29.8 Å². The first-order valence-corrected chi connectivity index (χ1v) is 5.30. The van der Waals surface area contributed by atoms with Crippen LogP contribution in [0.15, 0.2) is 24.3 Å². The third-order valence-corrected chi connectivity index (χ3v) is 3.08. The van der Waals surface area contributed by atoms with Crippen LogP contribution in [0.5, 0.6) is 5.75 Å². The Labute approximate surface area is 94.2 Å². The zero-order valence-corrected chi connectivity index (χ0v) is 9.14. The van der Waals surface area contributed by atoms with Gasteiger partial charge in [0.15, 0.2) is 0 Å². The molecule has 2 atom stereocenters. The van der Waals surface area contributed by atoms with Crippen molar-refractivity contribution in [3.8, 4) is 5.75 Å². The van der Waals surface area contributed by atoms with Gasteiger partial charge in [-0.3, -0.25) is 4.79 Å². The van der Waals surface area contributed by atoms with Crippen molar-refractivity contribution in [2.24, 2.45) is 5.92 Å². The Morgan fingerprint density at radius 3 is 2.62 bits per heavy atom. The summed E-state index contributed by atoms with van der Waals surface area (Å²) in [6.07, 6.45) is 0. The molecule has 0 spiro atoms. The molecule has 1 aliphatic heterocycles. The lowest BCUT2D eigenvalue weighted by molar-refractivity contribution is -0.141. The van der Waals surface area contributed by atoms with Crippen LogP contribution in [-0.4, -0.2) is 31.3 Å². The van der Waals surface area contributed by atoms with Gasteiger partial charge in [-0.2, -0.15) is 0 Å². The second-order valence-electron chi connectivity index (χ2n) is 3.98. The summed E-state index contributed by atoms with van der Waals surface area (Å²) in [5, 5.41) is 12.2. The minimum Gasteiger partial charge on any atom is -0.497 e. The van der Waals surface area contributed by atoms with Crippen molar-refractivity contribution < 1.29 is 14.6 Å². The van der Waals surface area contributed by atoms with Crippen molar-refractivity contribution in [3.63, 3.8) is 0 Å². The fraction of sp³-hybridized carbons (Fsp3) is 0.417. The zero-order valence-electron chi connectivity index (χ0n) is 9.14. The molecular weight excluding hydrogens is 206 g/mol. The van der Waals surface area contributed by atoms with Gasteiger partial charge in [-0.25, -0.2) is 0 Å². The number of carbonyl (C=O) groups is 1. The van der Waals surface area contributed by atoms with E-state index in [1.54, 1.807) is 7.11 Å². The van der Waals surface area contributed by atoms with Crippen LogP contribution in [0.1, 0.15) is 11.5 Å². The van der Waals surface area contributed by atoms with Crippen LogP contribution in [0.2, 0.25) is 0 Å². The van der Waals surface area contributed by atoms with Crippen LogP contribution in [0.3, 0.4) is 0 Å². The van der Waals surface area contributed by atoms with Gasteiger partial charge in [0.25, 0.3) is 0 Å². The molecule has 1 aromatic rings. The molecular formula is C12H15NO3. The Kier molecular flexibility index (Phi) is 3.10. The van der Waals surface area contributed by atoms with Gasteiger partial charge in [0, 0.05) is 19.0 Å². The minimum absolute atomic E-state index is 0.0587. The van der Waals surface area contributed by atoms with Crippen molar-refractivity contribution in [1.29, 1.82) is 0 Å². The third kappa shape index (κ3) is 2.02. The quantitative estimate of drug-likeness (QED) is 0.802. The zero-order chi connectivity index (χ0) is 11.5. The van der Waals surface area contributed by atoms with E-state index in [0.717, 1.165) is 17.9 Å². The molecule has 86 valence electrons. The van der Waals surface area contributed by atoms with Gasteiger partial charge >= 0.3 is 5.97 Å². The molecule has 0 saturated carbocycles. The fourth-order valence-corrected chi connectivity index (χ4v) is 2.14. The number of carboxylic acid groups (broad SMARTS) is 1. The molecule has 2 N–H and O–H groups in total. The van der Waals surface area contributed by atoms with Gasteiger partial charge in [-0.15, -0.1) is 0 Å². The van der Waals surface area contributed by atoms with Crippen LogP contribution in [0.4, 0.5) is 0 Å². The number of hydrogen-bond acceptors (Lipinski definition) is 3. The van der Waals surface area contributed by atoms with Crippen LogP contribution in [0, 0.1) is 5.92 Å². The smallest absolute Gasteiger partial charge is 0.308 e. The minimum atomic E-state index is -0.731. The number of carboxylic acids is 1. The van der Waals surface area contributed by atoms with E-state index in [9.17, 15) is 4.79 Å². The first-order valence-electron chi connectivity index (χ1n) is 5.30. The van der Waals surface area contributed by atoms with Gasteiger partial charge in [0.05, 0.1) is 13.0 Å². The molecule has 2 rings (SSSR count). The van der Waals surface area contributed by atoms with E-state index in [4.69, 9.17) is 9.84 Å². The molecule has 0 aromatic heterocycles. The van der Waals surface area contributed by atoms with Crippen molar-refractivity contribution in [2.45, 2.75) is 5.92 Å². The van der Waals surface area contributed by atoms with E-state index in [1.807, 2.05) is 24.3 Å². The number of ether oxygens (including phenoxy) is 1. The topological polar surface area (TPSA) is 58.6 Å². The lowest BCUT2D eigenvalue weighted by Gasteiger charge is -2.15. The highest BCUT2D eigenvalue weighted by Gasteiger charge is 2.33. The van der Waals surface area contributed by atoms with E-state index in [1.165, 1.54) is 0 Å². The van der Waals surface area contributed by atoms with Crippen molar-refractivity contribution >= 4 is 5.97 Å². The maximum absolute atomic E-state index is 11.0. The molecule has 4 heteroatoms. The van der Waals surface area contributed by atoms with Crippen LogP contribution in [-0.2, 0) is 4.79 Å². The number of benzene rings is 1. The predicted molar refractivity (Wildman–Crippen MR) is 59.7 cm³/mol. The first kappa shape index (κ1) is 11.0. The lowest BCUT2D eigenvalue weighted by atomic mass is 9.89. The summed E-state index contributed by atoms with van der Waals surface area (Å²) in [7, 11) is 1.62. The number of aliphatic carboxylic acids is 1. The Hall–Kier alpha value is -1.55. The van der Waals surface area contributed by atoms with E-state index in [-0.39, 0.29) is 11.8 Å². The summed E-state index contributed by atoms with van der Waals surface area (Å²) in [6, 6.07) is 7.61. The van der Waals surface area contributed by atoms with Crippen LogP contribution in [0.25, 0.3) is 0 Å².